The first-order valence-corrected chi connectivity index (χ1v) is 6.84. The fourth-order valence-electron chi connectivity index (χ4n) is 2.19. The van der Waals surface area contributed by atoms with Gasteiger partial charge in [0.15, 0.2) is 0 Å². The van der Waals surface area contributed by atoms with Crippen molar-refractivity contribution in [1.29, 1.82) is 0 Å². The molecule has 4 heteroatoms. The molecule has 0 aliphatic rings. The fraction of sp³-hybridized carbons (Fsp3) is 0.353. The number of para-hydroxylation sites is 1. The molecule has 2 aromatic rings. The predicted molar refractivity (Wildman–Crippen MR) is 79.9 cm³/mol. The Morgan fingerprint density at radius 1 is 1.29 bits per heavy atom. The maximum Gasteiger partial charge on any atom is 0.339 e. The average molecular weight is 288 g/mol. The third kappa shape index (κ3) is 3.45. The Hall–Kier alpha value is -2.23. The number of carboxylic acid groups (broad SMARTS) is 1. The van der Waals surface area contributed by atoms with E-state index in [4.69, 9.17) is 14.3 Å². The number of aryl methyl sites for hydroxylation is 1. The lowest BCUT2D eigenvalue weighted by Gasteiger charge is -2.22. The van der Waals surface area contributed by atoms with E-state index in [9.17, 15) is 4.79 Å². The summed E-state index contributed by atoms with van der Waals surface area (Å²) in [7, 11) is 0. The molecule has 0 amide bonds. The van der Waals surface area contributed by atoms with Crippen LogP contribution in [0.1, 0.15) is 48.2 Å². The van der Waals surface area contributed by atoms with Crippen LogP contribution < -0.4 is 4.74 Å². The molecule has 0 aliphatic carbocycles. The summed E-state index contributed by atoms with van der Waals surface area (Å²) in [5.74, 6) is 0.701. The number of rotatable bonds is 4. The summed E-state index contributed by atoms with van der Waals surface area (Å²) >= 11 is 0. The minimum Gasteiger partial charge on any atom is -0.485 e. The van der Waals surface area contributed by atoms with Gasteiger partial charge in [-0.05, 0) is 30.0 Å². The van der Waals surface area contributed by atoms with Gasteiger partial charge in [0.05, 0.1) is 0 Å². The van der Waals surface area contributed by atoms with Crippen molar-refractivity contribution >= 4 is 5.97 Å². The molecule has 1 aromatic carbocycles. The molecule has 4 nitrogen and oxygen atoms in total. The van der Waals surface area contributed by atoms with Crippen LogP contribution in [0, 0.1) is 6.92 Å². The number of furan rings is 1. The van der Waals surface area contributed by atoms with E-state index < -0.39 is 5.97 Å². The summed E-state index contributed by atoms with van der Waals surface area (Å²) in [4.78, 5) is 11.0. The van der Waals surface area contributed by atoms with Gasteiger partial charge in [0.25, 0.3) is 0 Å². The molecule has 1 aromatic heterocycles. The molecule has 0 saturated heterocycles. The molecule has 0 radical (unpaired) electrons. The van der Waals surface area contributed by atoms with E-state index in [1.54, 1.807) is 6.92 Å². The van der Waals surface area contributed by atoms with Crippen LogP contribution in [0.5, 0.6) is 5.75 Å². The van der Waals surface area contributed by atoms with Crippen molar-refractivity contribution in [3.05, 3.63) is 53.0 Å². The van der Waals surface area contributed by atoms with Gasteiger partial charge in [-0.1, -0.05) is 39.0 Å². The van der Waals surface area contributed by atoms with Gasteiger partial charge in [-0.15, -0.1) is 0 Å². The second-order valence-corrected chi connectivity index (χ2v) is 6.02. The minimum atomic E-state index is -0.988. The Labute approximate surface area is 124 Å². The normalized spacial score (nSPS) is 11.4. The first kappa shape index (κ1) is 15.2. The summed E-state index contributed by atoms with van der Waals surface area (Å²) < 4.78 is 11.2. The van der Waals surface area contributed by atoms with E-state index in [0.717, 1.165) is 11.3 Å². The number of hydrogen-bond acceptors (Lipinski definition) is 3. The second-order valence-electron chi connectivity index (χ2n) is 6.02. The zero-order valence-electron chi connectivity index (χ0n) is 12.8. The molecule has 0 fully saturated rings. The van der Waals surface area contributed by atoms with Crippen molar-refractivity contribution in [3.63, 3.8) is 0 Å². The molecular formula is C17H20O4. The van der Waals surface area contributed by atoms with Crippen LogP contribution in [0.2, 0.25) is 0 Å². The van der Waals surface area contributed by atoms with E-state index in [2.05, 4.69) is 20.8 Å². The van der Waals surface area contributed by atoms with Gasteiger partial charge in [0.1, 0.15) is 29.4 Å². The lowest BCUT2D eigenvalue weighted by molar-refractivity contribution is 0.0695. The molecular weight excluding hydrogens is 268 g/mol. The summed E-state index contributed by atoms with van der Waals surface area (Å²) in [6.07, 6.45) is 0. The number of carbonyl (C=O) groups is 1. The quantitative estimate of drug-likeness (QED) is 0.917. The number of aromatic carboxylic acids is 1. The standard InChI is InChI=1S/C17H20O4/c1-11-13(16(18)19)9-12(21-11)10-20-15-8-6-5-7-14(15)17(2,3)4/h5-9H,10H2,1-4H3,(H,18,19). The molecule has 0 unspecified atom stereocenters. The zero-order chi connectivity index (χ0) is 15.6. The predicted octanol–water partition coefficient (Wildman–Crippen LogP) is 4.16. The van der Waals surface area contributed by atoms with Crippen molar-refractivity contribution in [2.75, 3.05) is 0 Å². The van der Waals surface area contributed by atoms with Gasteiger partial charge in [0.2, 0.25) is 0 Å². The number of ether oxygens (including phenoxy) is 1. The Morgan fingerprint density at radius 2 is 1.95 bits per heavy atom. The molecule has 0 saturated carbocycles. The Bertz CT molecular complexity index is 647. The maximum absolute atomic E-state index is 11.0. The van der Waals surface area contributed by atoms with E-state index >= 15 is 0 Å². The van der Waals surface area contributed by atoms with Gasteiger partial charge in [0, 0.05) is 0 Å². The molecule has 0 aliphatic heterocycles. The zero-order valence-corrected chi connectivity index (χ0v) is 12.8. The first-order valence-electron chi connectivity index (χ1n) is 6.84. The minimum absolute atomic E-state index is 0.0259. The smallest absolute Gasteiger partial charge is 0.339 e. The second kappa shape index (κ2) is 5.64. The van der Waals surface area contributed by atoms with Crippen LogP contribution >= 0.6 is 0 Å². The Kier molecular flexibility index (Phi) is 4.07. The third-order valence-electron chi connectivity index (χ3n) is 3.26. The highest BCUT2D eigenvalue weighted by Gasteiger charge is 2.19. The van der Waals surface area contributed by atoms with E-state index in [0.29, 0.717) is 11.5 Å². The Balaban J connectivity index is 2.18. The molecule has 1 heterocycles. The first-order chi connectivity index (χ1) is 9.79. The van der Waals surface area contributed by atoms with Crippen molar-refractivity contribution < 1.29 is 19.1 Å². The monoisotopic (exact) mass is 288 g/mol. The van der Waals surface area contributed by atoms with Gasteiger partial charge in [-0.3, -0.25) is 0 Å². The van der Waals surface area contributed by atoms with Crippen molar-refractivity contribution in [3.8, 4) is 5.75 Å². The largest absolute Gasteiger partial charge is 0.485 e. The van der Waals surface area contributed by atoms with Crippen LogP contribution in [-0.2, 0) is 12.0 Å². The van der Waals surface area contributed by atoms with Crippen LogP contribution in [0.4, 0.5) is 0 Å². The van der Waals surface area contributed by atoms with Crippen LogP contribution in [0.25, 0.3) is 0 Å². The van der Waals surface area contributed by atoms with Crippen LogP contribution in [0.15, 0.2) is 34.7 Å². The topological polar surface area (TPSA) is 59.7 Å². The average Bonchev–Trinajstić information content (AvgIpc) is 2.77. The van der Waals surface area contributed by atoms with E-state index in [1.165, 1.54) is 6.07 Å². The molecule has 1 N–H and O–H groups in total. The van der Waals surface area contributed by atoms with Gasteiger partial charge in [-0.2, -0.15) is 0 Å². The number of hydrogen-bond donors (Lipinski definition) is 1. The molecule has 0 bridgehead atoms. The summed E-state index contributed by atoms with van der Waals surface area (Å²) in [5, 5.41) is 9.01. The highest BCUT2D eigenvalue weighted by molar-refractivity contribution is 5.88. The van der Waals surface area contributed by atoms with Gasteiger partial charge < -0.3 is 14.3 Å². The molecule has 0 spiro atoms. The highest BCUT2D eigenvalue weighted by atomic mass is 16.5. The van der Waals surface area contributed by atoms with E-state index in [1.807, 2.05) is 24.3 Å². The molecule has 21 heavy (non-hydrogen) atoms. The highest BCUT2D eigenvalue weighted by Crippen LogP contribution is 2.31. The lowest BCUT2D eigenvalue weighted by atomic mass is 9.86. The Morgan fingerprint density at radius 3 is 2.52 bits per heavy atom. The van der Waals surface area contributed by atoms with Crippen molar-refractivity contribution in [2.24, 2.45) is 0 Å². The number of benzene rings is 1. The number of carboxylic acids is 1. The molecule has 0 atom stereocenters. The van der Waals surface area contributed by atoms with Crippen molar-refractivity contribution in [2.45, 2.75) is 39.7 Å². The van der Waals surface area contributed by atoms with Crippen molar-refractivity contribution in [1.82, 2.24) is 0 Å². The lowest BCUT2D eigenvalue weighted by Crippen LogP contribution is -2.13. The summed E-state index contributed by atoms with van der Waals surface area (Å²) in [6, 6.07) is 9.35. The fourth-order valence-corrected chi connectivity index (χ4v) is 2.19. The van der Waals surface area contributed by atoms with Gasteiger partial charge in [-0.25, -0.2) is 4.79 Å². The maximum atomic E-state index is 11.0. The van der Waals surface area contributed by atoms with Crippen LogP contribution in [0.3, 0.4) is 0 Å². The summed E-state index contributed by atoms with van der Waals surface area (Å²) in [6.45, 7) is 8.20. The van der Waals surface area contributed by atoms with E-state index in [-0.39, 0.29) is 17.6 Å². The van der Waals surface area contributed by atoms with Gasteiger partial charge >= 0.3 is 5.97 Å². The molecule has 112 valence electrons. The molecule has 2 rings (SSSR count). The third-order valence-corrected chi connectivity index (χ3v) is 3.26. The SMILES string of the molecule is Cc1oc(COc2ccccc2C(C)(C)C)cc1C(=O)O. The van der Waals surface area contributed by atoms with Crippen LogP contribution in [-0.4, -0.2) is 11.1 Å². The summed E-state index contributed by atoms with van der Waals surface area (Å²) in [5.41, 5.74) is 1.26.